The van der Waals surface area contributed by atoms with E-state index in [1.807, 2.05) is 6.07 Å². The summed E-state index contributed by atoms with van der Waals surface area (Å²) in [6.45, 7) is 0.326. The van der Waals surface area contributed by atoms with Crippen LogP contribution in [-0.2, 0) is 4.79 Å². The number of halogens is 1. The lowest BCUT2D eigenvalue weighted by Gasteiger charge is -2.16. The number of amides is 1. The molecule has 0 atom stereocenters. The minimum absolute atomic E-state index is 0.0454. The first-order valence-electron chi connectivity index (χ1n) is 10.2. The first-order chi connectivity index (χ1) is 16.4. The summed E-state index contributed by atoms with van der Waals surface area (Å²) in [6.07, 6.45) is 0.240. The van der Waals surface area contributed by atoms with E-state index in [4.69, 9.17) is 19.5 Å². The van der Waals surface area contributed by atoms with Crippen LogP contribution >= 0.6 is 11.8 Å². The van der Waals surface area contributed by atoms with Gasteiger partial charge in [0.1, 0.15) is 5.82 Å². The van der Waals surface area contributed by atoms with Gasteiger partial charge in [-0.25, -0.2) is 4.39 Å². The third-order valence-corrected chi connectivity index (χ3v) is 5.87. The molecule has 0 aliphatic rings. The fraction of sp³-hybridized carbons (Fsp3) is 0.304. The molecule has 178 valence electrons. The molecule has 0 spiro atoms. The number of ether oxygens (including phenoxy) is 3. The number of nitrogens with zero attached hydrogens (tertiary/aromatic N) is 5. The molecule has 0 radical (unpaired) electrons. The van der Waals surface area contributed by atoms with Gasteiger partial charge >= 0.3 is 0 Å². The van der Waals surface area contributed by atoms with Crippen molar-refractivity contribution in [2.24, 2.45) is 0 Å². The van der Waals surface area contributed by atoms with E-state index in [0.29, 0.717) is 40.3 Å². The van der Waals surface area contributed by atoms with Crippen molar-refractivity contribution in [3.8, 4) is 40.4 Å². The third-order valence-electron chi connectivity index (χ3n) is 4.96. The number of methoxy groups -OCH3 is 3. The highest BCUT2D eigenvalue weighted by molar-refractivity contribution is 7.99. The molecule has 0 unspecified atom stereocenters. The van der Waals surface area contributed by atoms with E-state index in [0.717, 1.165) is 11.8 Å². The van der Waals surface area contributed by atoms with E-state index in [9.17, 15) is 9.18 Å². The maximum Gasteiger partial charge on any atom is 0.232 e. The van der Waals surface area contributed by atoms with Crippen molar-refractivity contribution >= 4 is 17.7 Å². The lowest BCUT2D eigenvalue weighted by atomic mass is 10.1. The molecule has 2 aromatic carbocycles. The van der Waals surface area contributed by atoms with Gasteiger partial charge in [0.2, 0.25) is 11.7 Å². The van der Waals surface area contributed by atoms with Crippen molar-refractivity contribution in [1.82, 2.24) is 19.7 Å². The first kappa shape index (κ1) is 24.9. The van der Waals surface area contributed by atoms with Gasteiger partial charge in [-0.15, -0.1) is 10.2 Å². The van der Waals surface area contributed by atoms with Gasteiger partial charge in [-0.05, 0) is 24.3 Å². The quantitative estimate of drug-likeness (QED) is 0.402. The molecule has 0 aliphatic carbocycles. The van der Waals surface area contributed by atoms with Crippen LogP contribution < -0.4 is 14.2 Å². The van der Waals surface area contributed by atoms with Crippen LogP contribution in [0.15, 0.2) is 41.6 Å². The van der Waals surface area contributed by atoms with E-state index in [1.54, 1.807) is 41.9 Å². The maximum atomic E-state index is 14.8. The lowest BCUT2D eigenvalue weighted by molar-refractivity contribution is -0.127. The monoisotopic (exact) mass is 485 g/mol. The van der Waals surface area contributed by atoms with E-state index in [1.165, 1.54) is 32.3 Å². The van der Waals surface area contributed by atoms with Gasteiger partial charge in [0.05, 0.1) is 45.3 Å². The number of hydrogen-bond acceptors (Lipinski definition) is 8. The van der Waals surface area contributed by atoms with Gasteiger partial charge in [0.25, 0.3) is 0 Å². The summed E-state index contributed by atoms with van der Waals surface area (Å²) >= 11 is 1.12. The molecule has 0 N–H and O–H groups in total. The van der Waals surface area contributed by atoms with Crippen molar-refractivity contribution in [3.05, 3.63) is 42.2 Å². The van der Waals surface area contributed by atoms with Crippen LogP contribution in [0.4, 0.5) is 4.39 Å². The molecule has 0 bridgehead atoms. The molecule has 34 heavy (non-hydrogen) atoms. The Morgan fingerprint density at radius 3 is 2.41 bits per heavy atom. The minimum atomic E-state index is -0.477. The predicted octanol–water partition coefficient (Wildman–Crippen LogP) is 3.56. The summed E-state index contributed by atoms with van der Waals surface area (Å²) in [5.74, 6) is 0.937. The van der Waals surface area contributed by atoms with Gasteiger partial charge in [0.15, 0.2) is 22.5 Å². The summed E-state index contributed by atoms with van der Waals surface area (Å²) in [6, 6.07) is 11.6. The van der Waals surface area contributed by atoms with E-state index in [2.05, 4.69) is 10.2 Å². The number of para-hydroxylation sites is 1. The number of carbonyl (C=O) groups is 1. The summed E-state index contributed by atoms with van der Waals surface area (Å²) in [5.41, 5.74) is 0.776. The van der Waals surface area contributed by atoms with Crippen molar-refractivity contribution in [3.63, 3.8) is 0 Å². The largest absolute Gasteiger partial charge is 0.493 e. The molecular weight excluding hydrogens is 461 g/mol. The number of thioether (sulfide) groups is 1. The number of nitriles is 1. The molecule has 1 amide bonds. The molecule has 0 saturated carbocycles. The second-order valence-corrected chi connectivity index (χ2v) is 7.96. The average Bonchev–Trinajstić information content (AvgIpc) is 3.28. The predicted molar refractivity (Wildman–Crippen MR) is 125 cm³/mol. The lowest BCUT2D eigenvalue weighted by Crippen LogP contribution is -2.29. The second kappa shape index (κ2) is 11.4. The first-order valence-corrected chi connectivity index (χ1v) is 11.2. The summed E-state index contributed by atoms with van der Waals surface area (Å²) in [5, 5.41) is 17.6. The van der Waals surface area contributed by atoms with Gasteiger partial charge in [-0.3, -0.25) is 9.36 Å². The maximum absolute atomic E-state index is 14.8. The molecule has 11 heteroatoms. The zero-order chi connectivity index (χ0) is 24.7. The van der Waals surface area contributed by atoms with Crippen LogP contribution in [0.25, 0.3) is 17.1 Å². The average molecular weight is 486 g/mol. The minimum Gasteiger partial charge on any atom is -0.493 e. The van der Waals surface area contributed by atoms with Crippen molar-refractivity contribution in [2.45, 2.75) is 11.6 Å². The molecular formula is C23H24FN5O4S. The van der Waals surface area contributed by atoms with Crippen LogP contribution in [0.3, 0.4) is 0 Å². The van der Waals surface area contributed by atoms with Crippen LogP contribution in [0.1, 0.15) is 6.42 Å². The fourth-order valence-electron chi connectivity index (χ4n) is 3.19. The Morgan fingerprint density at radius 1 is 1.15 bits per heavy atom. The van der Waals surface area contributed by atoms with Crippen molar-refractivity contribution < 1.29 is 23.4 Å². The van der Waals surface area contributed by atoms with Crippen LogP contribution in [0.5, 0.6) is 17.2 Å². The Hall–Kier alpha value is -3.78. The molecule has 3 aromatic rings. The number of benzene rings is 2. The fourth-order valence-corrected chi connectivity index (χ4v) is 4.08. The number of aromatic nitrogens is 3. The van der Waals surface area contributed by atoms with Crippen LogP contribution in [0.2, 0.25) is 0 Å². The Kier molecular flexibility index (Phi) is 8.32. The standard InChI is InChI=1S/C23H24FN5O4S/c1-28(11-7-10-25)20(30)14-34-23-27-26-22(29(23)17-9-6-5-8-16(17)24)15-12-18(31-2)21(33-4)19(13-15)32-3/h5-6,8-9,12-13H,7,11,14H2,1-4H3. The molecule has 0 saturated heterocycles. The summed E-state index contributed by atoms with van der Waals surface area (Å²) < 4.78 is 32.7. The Balaban J connectivity index is 2.07. The van der Waals surface area contributed by atoms with Gasteiger partial charge in [-0.1, -0.05) is 23.9 Å². The molecule has 3 rings (SSSR count). The summed E-state index contributed by atoms with van der Waals surface area (Å²) in [4.78, 5) is 13.9. The van der Waals surface area contributed by atoms with Crippen molar-refractivity contribution in [1.29, 1.82) is 5.26 Å². The smallest absolute Gasteiger partial charge is 0.232 e. The molecule has 0 fully saturated rings. The van der Waals surface area contributed by atoms with Gasteiger partial charge < -0.3 is 19.1 Å². The van der Waals surface area contributed by atoms with Gasteiger partial charge in [-0.2, -0.15) is 5.26 Å². The van der Waals surface area contributed by atoms with Crippen molar-refractivity contribution in [2.75, 3.05) is 40.7 Å². The third kappa shape index (κ3) is 5.23. The molecule has 0 aliphatic heterocycles. The van der Waals surface area contributed by atoms with E-state index >= 15 is 0 Å². The number of carbonyl (C=O) groups excluding carboxylic acids is 1. The highest BCUT2D eigenvalue weighted by Crippen LogP contribution is 2.41. The highest BCUT2D eigenvalue weighted by atomic mass is 32.2. The van der Waals surface area contributed by atoms with Gasteiger partial charge in [0, 0.05) is 19.2 Å². The zero-order valence-corrected chi connectivity index (χ0v) is 20.1. The normalized spacial score (nSPS) is 10.5. The molecule has 9 nitrogen and oxygen atoms in total. The Bertz CT molecular complexity index is 1190. The topological polar surface area (TPSA) is 103 Å². The van der Waals surface area contributed by atoms with Crippen LogP contribution in [0, 0.1) is 17.1 Å². The number of rotatable bonds is 10. The number of hydrogen-bond donors (Lipinski definition) is 0. The molecule has 1 aromatic heterocycles. The zero-order valence-electron chi connectivity index (χ0n) is 19.2. The SMILES string of the molecule is COc1cc(-c2nnc(SCC(=O)N(C)CCC#N)n2-c2ccccc2F)cc(OC)c1OC. The van der Waals surface area contributed by atoms with E-state index < -0.39 is 5.82 Å². The highest BCUT2D eigenvalue weighted by Gasteiger charge is 2.23. The Morgan fingerprint density at radius 2 is 1.82 bits per heavy atom. The second-order valence-electron chi connectivity index (χ2n) is 7.02. The van der Waals surface area contributed by atoms with Crippen LogP contribution in [-0.4, -0.2) is 66.2 Å². The van der Waals surface area contributed by atoms with E-state index in [-0.39, 0.29) is 23.8 Å². The Labute approximate surface area is 201 Å². The summed E-state index contributed by atoms with van der Waals surface area (Å²) in [7, 11) is 6.13. The molecule has 1 heterocycles.